The van der Waals surface area contributed by atoms with Crippen LogP contribution in [-0.2, 0) is 19.1 Å². The zero-order valence-corrected chi connectivity index (χ0v) is 9.25. The first-order valence-corrected chi connectivity index (χ1v) is 4.79. The predicted molar refractivity (Wildman–Crippen MR) is 54.4 cm³/mol. The maximum absolute atomic E-state index is 10.9. The van der Waals surface area contributed by atoms with Crippen LogP contribution in [0.4, 0.5) is 0 Å². The molecule has 0 rings (SSSR count). The summed E-state index contributed by atoms with van der Waals surface area (Å²) in [6.45, 7) is 2.67. The average Bonchev–Trinajstić information content (AvgIpc) is 2.20. The first-order valence-electron chi connectivity index (χ1n) is 4.79. The third kappa shape index (κ3) is 9.17. The van der Waals surface area contributed by atoms with Crippen LogP contribution in [0.2, 0.25) is 0 Å². The van der Waals surface area contributed by atoms with Crippen molar-refractivity contribution in [3.8, 4) is 0 Å². The highest BCUT2D eigenvalue weighted by molar-refractivity contribution is 5.91. The van der Waals surface area contributed by atoms with Gasteiger partial charge in [-0.25, -0.2) is 9.59 Å². The summed E-state index contributed by atoms with van der Waals surface area (Å²) in [5.41, 5.74) is 0. The highest BCUT2D eigenvalue weighted by Crippen LogP contribution is 1.89. The van der Waals surface area contributed by atoms with Gasteiger partial charge in [-0.3, -0.25) is 0 Å². The number of carbonyl (C=O) groups is 2. The minimum atomic E-state index is -0.750. The molecule has 0 aliphatic heterocycles. The summed E-state index contributed by atoms with van der Waals surface area (Å²) >= 11 is 0. The fraction of sp³-hybridized carbons (Fsp3) is 0.600. The van der Waals surface area contributed by atoms with Gasteiger partial charge in [0.25, 0.3) is 0 Å². The molecule has 6 nitrogen and oxygen atoms in total. The molecule has 0 saturated heterocycles. The van der Waals surface area contributed by atoms with E-state index in [1.165, 1.54) is 13.8 Å². The summed E-state index contributed by atoms with van der Waals surface area (Å²) in [6.07, 6.45) is 0.290. The molecule has 0 aliphatic carbocycles. The molecule has 0 fully saturated rings. The van der Waals surface area contributed by atoms with Gasteiger partial charge in [-0.05, 0) is 13.8 Å². The van der Waals surface area contributed by atoms with Crippen molar-refractivity contribution in [3.63, 3.8) is 0 Å². The molecule has 0 amide bonds. The standard InChI is InChI=1S/C10H16O6/c1-7(11)5-15-9(13)3-4-10(14)16-6-8(2)12/h3-4,7-8,11-12H,5-6H2,1-2H3. The summed E-state index contributed by atoms with van der Waals surface area (Å²) in [5, 5.41) is 17.6. The van der Waals surface area contributed by atoms with E-state index in [9.17, 15) is 9.59 Å². The number of carbonyl (C=O) groups excluding carboxylic acids is 2. The van der Waals surface area contributed by atoms with E-state index in [-0.39, 0.29) is 13.2 Å². The predicted octanol–water partition coefficient (Wildman–Crippen LogP) is -0.609. The molecule has 0 aromatic heterocycles. The van der Waals surface area contributed by atoms with E-state index in [1.807, 2.05) is 0 Å². The van der Waals surface area contributed by atoms with Crippen LogP contribution in [0.25, 0.3) is 0 Å². The zero-order valence-electron chi connectivity index (χ0n) is 9.25. The van der Waals surface area contributed by atoms with Gasteiger partial charge in [0.1, 0.15) is 13.2 Å². The van der Waals surface area contributed by atoms with E-state index >= 15 is 0 Å². The van der Waals surface area contributed by atoms with E-state index in [0.717, 1.165) is 12.2 Å². The van der Waals surface area contributed by atoms with Crippen LogP contribution in [-0.4, -0.2) is 47.6 Å². The quantitative estimate of drug-likeness (QED) is 0.469. The lowest BCUT2D eigenvalue weighted by Crippen LogP contribution is -2.15. The summed E-state index contributed by atoms with van der Waals surface area (Å²) in [6, 6.07) is 0. The first-order chi connectivity index (χ1) is 7.41. The Kier molecular flexibility index (Phi) is 7.15. The van der Waals surface area contributed by atoms with Crippen molar-refractivity contribution in [2.75, 3.05) is 13.2 Å². The topological polar surface area (TPSA) is 93.1 Å². The third-order valence-electron chi connectivity index (χ3n) is 1.29. The minimum Gasteiger partial charge on any atom is -0.460 e. The molecule has 0 radical (unpaired) electrons. The van der Waals surface area contributed by atoms with Crippen LogP contribution in [0.3, 0.4) is 0 Å². The van der Waals surface area contributed by atoms with Gasteiger partial charge < -0.3 is 19.7 Å². The van der Waals surface area contributed by atoms with E-state index in [0.29, 0.717) is 0 Å². The smallest absolute Gasteiger partial charge is 0.331 e. The first kappa shape index (κ1) is 14.6. The molecule has 0 heterocycles. The van der Waals surface area contributed by atoms with Gasteiger partial charge in [0.15, 0.2) is 0 Å². The number of hydrogen-bond donors (Lipinski definition) is 2. The van der Waals surface area contributed by atoms with Crippen molar-refractivity contribution in [1.82, 2.24) is 0 Å². The van der Waals surface area contributed by atoms with Crippen molar-refractivity contribution in [2.24, 2.45) is 0 Å². The lowest BCUT2D eigenvalue weighted by atomic mass is 10.4. The average molecular weight is 232 g/mol. The van der Waals surface area contributed by atoms with E-state index < -0.39 is 24.1 Å². The van der Waals surface area contributed by atoms with E-state index in [2.05, 4.69) is 9.47 Å². The lowest BCUT2D eigenvalue weighted by molar-refractivity contribution is -0.143. The van der Waals surface area contributed by atoms with Crippen LogP contribution >= 0.6 is 0 Å². The fourth-order valence-electron chi connectivity index (χ4n) is 0.638. The summed E-state index contributed by atoms with van der Waals surface area (Å²) in [5.74, 6) is -1.48. The number of esters is 2. The summed E-state index contributed by atoms with van der Waals surface area (Å²) in [4.78, 5) is 21.8. The molecule has 0 aromatic carbocycles. The number of hydrogen-bond acceptors (Lipinski definition) is 6. The maximum atomic E-state index is 10.9. The van der Waals surface area contributed by atoms with Crippen LogP contribution in [0.1, 0.15) is 13.8 Å². The molecule has 2 unspecified atom stereocenters. The molecular formula is C10H16O6. The van der Waals surface area contributed by atoms with Gasteiger partial charge >= 0.3 is 11.9 Å². The lowest BCUT2D eigenvalue weighted by Gasteiger charge is -2.04. The second kappa shape index (κ2) is 7.84. The van der Waals surface area contributed by atoms with E-state index in [1.54, 1.807) is 0 Å². The van der Waals surface area contributed by atoms with Gasteiger partial charge in [0, 0.05) is 12.2 Å². The van der Waals surface area contributed by atoms with Crippen LogP contribution in [0.5, 0.6) is 0 Å². The molecule has 0 aromatic rings. The number of aliphatic hydroxyl groups is 2. The van der Waals surface area contributed by atoms with Gasteiger partial charge in [0.2, 0.25) is 0 Å². The normalized spacial score (nSPS) is 14.5. The highest BCUT2D eigenvalue weighted by Gasteiger charge is 2.04. The zero-order chi connectivity index (χ0) is 12.6. The SMILES string of the molecule is CC(O)COC(=O)C=CC(=O)OCC(C)O. The molecule has 92 valence electrons. The van der Waals surface area contributed by atoms with E-state index in [4.69, 9.17) is 10.2 Å². The molecule has 0 bridgehead atoms. The molecule has 6 heteroatoms. The Morgan fingerprint density at radius 3 is 1.56 bits per heavy atom. The van der Waals surface area contributed by atoms with Gasteiger partial charge in [0.05, 0.1) is 12.2 Å². The molecule has 2 atom stereocenters. The van der Waals surface area contributed by atoms with Gasteiger partial charge in [-0.1, -0.05) is 0 Å². The molecule has 0 saturated carbocycles. The summed E-state index contributed by atoms with van der Waals surface area (Å²) < 4.78 is 9.09. The monoisotopic (exact) mass is 232 g/mol. The molecule has 2 N–H and O–H groups in total. The van der Waals surface area contributed by atoms with Crippen LogP contribution in [0.15, 0.2) is 12.2 Å². The number of aliphatic hydroxyl groups excluding tert-OH is 2. The Morgan fingerprint density at radius 2 is 1.31 bits per heavy atom. The van der Waals surface area contributed by atoms with Crippen molar-refractivity contribution < 1.29 is 29.3 Å². The fourth-order valence-corrected chi connectivity index (χ4v) is 0.638. The third-order valence-corrected chi connectivity index (χ3v) is 1.29. The van der Waals surface area contributed by atoms with Crippen LogP contribution < -0.4 is 0 Å². The van der Waals surface area contributed by atoms with Crippen molar-refractivity contribution >= 4 is 11.9 Å². The van der Waals surface area contributed by atoms with Gasteiger partial charge in [-0.15, -0.1) is 0 Å². The Labute approximate surface area is 93.5 Å². The second-order valence-electron chi connectivity index (χ2n) is 3.29. The minimum absolute atomic E-state index is 0.133. The maximum Gasteiger partial charge on any atom is 0.331 e. The molecule has 16 heavy (non-hydrogen) atoms. The second-order valence-corrected chi connectivity index (χ2v) is 3.29. The van der Waals surface area contributed by atoms with Crippen LogP contribution in [0, 0.1) is 0 Å². The Morgan fingerprint density at radius 1 is 1.00 bits per heavy atom. The van der Waals surface area contributed by atoms with Gasteiger partial charge in [-0.2, -0.15) is 0 Å². The largest absolute Gasteiger partial charge is 0.460 e. The number of ether oxygens (including phenoxy) is 2. The molecular weight excluding hydrogens is 216 g/mol. The highest BCUT2D eigenvalue weighted by atomic mass is 16.5. The molecule has 0 spiro atoms. The van der Waals surface area contributed by atoms with Crippen molar-refractivity contribution in [3.05, 3.63) is 12.2 Å². The Bertz CT molecular complexity index is 230. The summed E-state index contributed by atoms with van der Waals surface area (Å²) in [7, 11) is 0. The Hall–Kier alpha value is -1.40. The number of rotatable bonds is 6. The Balaban J connectivity index is 3.80. The molecule has 0 aliphatic rings. The van der Waals surface area contributed by atoms with Crippen molar-refractivity contribution in [1.29, 1.82) is 0 Å². The van der Waals surface area contributed by atoms with Crippen molar-refractivity contribution in [2.45, 2.75) is 26.1 Å².